The molecule has 102 valence electrons. The Balaban J connectivity index is 1.53. The predicted molar refractivity (Wildman–Crippen MR) is 73.2 cm³/mol. The average Bonchev–Trinajstić information content (AvgIpc) is 2.96. The fourth-order valence-corrected chi connectivity index (χ4v) is 3.31. The van der Waals surface area contributed by atoms with Crippen LogP contribution >= 0.6 is 0 Å². The van der Waals surface area contributed by atoms with Crippen LogP contribution in [-0.4, -0.2) is 12.6 Å². The maximum Gasteiger partial charge on any atom is 0.305 e. The van der Waals surface area contributed by atoms with Crippen molar-refractivity contribution >= 4 is 5.97 Å². The highest BCUT2D eigenvalue weighted by Crippen LogP contribution is 2.51. The molecule has 0 saturated heterocycles. The van der Waals surface area contributed by atoms with Crippen LogP contribution in [0, 0.1) is 11.3 Å². The molecule has 0 aromatic heterocycles. The Labute approximate surface area is 111 Å². The van der Waals surface area contributed by atoms with Crippen molar-refractivity contribution in [2.24, 2.45) is 11.3 Å². The van der Waals surface area contributed by atoms with Crippen molar-refractivity contribution in [3.63, 3.8) is 0 Å². The highest BCUT2D eigenvalue weighted by atomic mass is 16.5. The summed E-state index contributed by atoms with van der Waals surface area (Å²) in [6.07, 6.45) is 15.1. The summed E-state index contributed by atoms with van der Waals surface area (Å²) < 4.78 is 5.16. The summed E-state index contributed by atoms with van der Waals surface area (Å²) in [5.41, 5.74) is 0.511. The lowest BCUT2D eigenvalue weighted by atomic mass is 9.82. The Morgan fingerprint density at radius 2 is 2.28 bits per heavy atom. The fourth-order valence-electron chi connectivity index (χ4n) is 3.31. The van der Waals surface area contributed by atoms with Crippen molar-refractivity contribution < 1.29 is 9.53 Å². The molecule has 2 rings (SSSR count). The number of ether oxygens (including phenoxy) is 1. The van der Waals surface area contributed by atoms with E-state index >= 15 is 0 Å². The zero-order valence-corrected chi connectivity index (χ0v) is 11.6. The van der Waals surface area contributed by atoms with Crippen LogP contribution < -0.4 is 0 Å². The number of unbranched alkanes of at least 4 members (excludes halogenated alkanes) is 2. The van der Waals surface area contributed by atoms with Crippen LogP contribution in [0.1, 0.15) is 64.7 Å². The molecule has 2 bridgehead atoms. The first-order chi connectivity index (χ1) is 8.74. The largest absolute Gasteiger partial charge is 0.466 e. The number of carbonyl (C=O) groups is 1. The van der Waals surface area contributed by atoms with Gasteiger partial charge in [0.05, 0.1) is 6.61 Å². The second-order valence-electron chi connectivity index (χ2n) is 6.01. The van der Waals surface area contributed by atoms with E-state index in [2.05, 4.69) is 19.1 Å². The molecule has 2 unspecified atom stereocenters. The number of allylic oxidation sites excluding steroid dienone is 2. The van der Waals surface area contributed by atoms with E-state index in [1.54, 1.807) is 0 Å². The molecule has 18 heavy (non-hydrogen) atoms. The molecule has 2 heteroatoms. The van der Waals surface area contributed by atoms with Gasteiger partial charge >= 0.3 is 5.97 Å². The van der Waals surface area contributed by atoms with Crippen LogP contribution in [0.25, 0.3) is 0 Å². The minimum absolute atomic E-state index is 0.00721. The molecule has 2 nitrogen and oxygen atoms in total. The SMILES string of the molecule is CCCCOC(=O)CCCCC12C=CC(CC1)C2. The monoisotopic (exact) mass is 250 g/mol. The Hall–Kier alpha value is -0.790. The molecule has 0 amide bonds. The van der Waals surface area contributed by atoms with Crippen molar-refractivity contribution in [2.45, 2.75) is 64.7 Å². The second kappa shape index (κ2) is 6.40. The van der Waals surface area contributed by atoms with Gasteiger partial charge in [0.2, 0.25) is 0 Å². The summed E-state index contributed by atoms with van der Waals surface area (Å²) in [6.45, 7) is 2.71. The van der Waals surface area contributed by atoms with E-state index in [1.807, 2.05) is 0 Å². The normalized spacial score (nSPS) is 28.8. The molecule has 2 aliphatic carbocycles. The van der Waals surface area contributed by atoms with Crippen molar-refractivity contribution in [1.82, 2.24) is 0 Å². The number of fused-ring (bicyclic) bond motifs is 2. The smallest absolute Gasteiger partial charge is 0.305 e. The third-order valence-electron chi connectivity index (χ3n) is 4.47. The first-order valence-corrected chi connectivity index (χ1v) is 7.59. The molecule has 0 aromatic rings. The van der Waals surface area contributed by atoms with E-state index < -0.39 is 0 Å². The summed E-state index contributed by atoms with van der Waals surface area (Å²) in [7, 11) is 0. The standard InChI is InChI=1S/C16H26O2/c1-2-3-12-18-15(17)6-4-5-9-16-10-7-14(13-16)8-11-16/h7,10,14H,2-6,8-9,11-13H2,1H3. The van der Waals surface area contributed by atoms with E-state index in [9.17, 15) is 4.79 Å². The van der Waals surface area contributed by atoms with Gasteiger partial charge in [-0.3, -0.25) is 4.79 Å². The summed E-state index contributed by atoms with van der Waals surface area (Å²) in [4.78, 5) is 11.4. The topological polar surface area (TPSA) is 26.3 Å². The van der Waals surface area contributed by atoms with Crippen LogP contribution in [0.3, 0.4) is 0 Å². The van der Waals surface area contributed by atoms with E-state index in [0.29, 0.717) is 18.4 Å². The first-order valence-electron chi connectivity index (χ1n) is 7.59. The molecule has 0 heterocycles. The number of esters is 1. The predicted octanol–water partition coefficient (Wildman–Crippen LogP) is 4.25. The van der Waals surface area contributed by atoms with Crippen molar-refractivity contribution in [2.75, 3.05) is 6.61 Å². The van der Waals surface area contributed by atoms with E-state index in [-0.39, 0.29) is 5.97 Å². The molecule has 0 aromatic carbocycles. The lowest BCUT2D eigenvalue weighted by Crippen LogP contribution is -2.11. The number of carbonyl (C=O) groups excluding carboxylic acids is 1. The molecule has 2 atom stereocenters. The molecule has 2 aliphatic rings. The van der Waals surface area contributed by atoms with Gasteiger partial charge in [0.25, 0.3) is 0 Å². The summed E-state index contributed by atoms with van der Waals surface area (Å²) in [6, 6.07) is 0. The third-order valence-corrected chi connectivity index (χ3v) is 4.47. The molecule has 0 spiro atoms. The van der Waals surface area contributed by atoms with Crippen LogP contribution in [-0.2, 0) is 9.53 Å². The molecular formula is C16H26O2. The summed E-state index contributed by atoms with van der Waals surface area (Å²) >= 11 is 0. The second-order valence-corrected chi connectivity index (χ2v) is 6.01. The van der Waals surface area contributed by atoms with Gasteiger partial charge in [0.15, 0.2) is 0 Å². The van der Waals surface area contributed by atoms with Crippen molar-refractivity contribution in [3.05, 3.63) is 12.2 Å². The van der Waals surface area contributed by atoms with Crippen molar-refractivity contribution in [1.29, 1.82) is 0 Å². The maximum absolute atomic E-state index is 11.4. The number of hydrogen-bond donors (Lipinski definition) is 0. The third kappa shape index (κ3) is 3.60. The molecule has 0 aliphatic heterocycles. The summed E-state index contributed by atoms with van der Waals surface area (Å²) in [5, 5.41) is 0. The van der Waals surface area contributed by atoms with Gasteiger partial charge in [0.1, 0.15) is 0 Å². The quantitative estimate of drug-likeness (QED) is 0.366. The Morgan fingerprint density at radius 1 is 1.39 bits per heavy atom. The van der Waals surface area contributed by atoms with Crippen LogP contribution in [0.4, 0.5) is 0 Å². The van der Waals surface area contributed by atoms with Gasteiger partial charge in [-0.25, -0.2) is 0 Å². The fraction of sp³-hybridized carbons (Fsp3) is 0.812. The average molecular weight is 250 g/mol. The Bertz CT molecular complexity index is 308. The van der Waals surface area contributed by atoms with E-state index in [1.165, 1.54) is 32.1 Å². The Kier molecular flexibility index (Phi) is 4.85. The minimum Gasteiger partial charge on any atom is -0.466 e. The van der Waals surface area contributed by atoms with E-state index in [0.717, 1.165) is 25.2 Å². The molecule has 1 fully saturated rings. The van der Waals surface area contributed by atoms with Crippen LogP contribution in [0.2, 0.25) is 0 Å². The van der Waals surface area contributed by atoms with Gasteiger partial charge in [-0.2, -0.15) is 0 Å². The lowest BCUT2D eigenvalue weighted by molar-refractivity contribution is -0.143. The first kappa shape index (κ1) is 13.6. The zero-order valence-electron chi connectivity index (χ0n) is 11.6. The number of rotatable bonds is 8. The van der Waals surface area contributed by atoms with Crippen LogP contribution in [0.5, 0.6) is 0 Å². The van der Waals surface area contributed by atoms with Gasteiger partial charge in [-0.15, -0.1) is 0 Å². The maximum atomic E-state index is 11.4. The molecule has 0 radical (unpaired) electrons. The van der Waals surface area contributed by atoms with Gasteiger partial charge in [-0.05, 0) is 49.9 Å². The molecule has 1 saturated carbocycles. The highest BCUT2D eigenvalue weighted by Gasteiger charge is 2.39. The Morgan fingerprint density at radius 3 is 2.89 bits per heavy atom. The lowest BCUT2D eigenvalue weighted by Gasteiger charge is -2.23. The van der Waals surface area contributed by atoms with Gasteiger partial charge in [0, 0.05) is 6.42 Å². The van der Waals surface area contributed by atoms with Crippen molar-refractivity contribution in [3.8, 4) is 0 Å². The van der Waals surface area contributed by atoms with Gasteiger partial charge < -0.3 is 4.74 Å². The van der Waals surface area contributed by atoms with Crippen LogP contribution in [0.15, 0.2) is 12.2 Å². The van der Waals surface area contributed by atoms with Gasteiger partial charge in [-0.1, -0.05) is 31.9 Å². The van der Waals surface area contributed by atoms with E-state index in [4.69, 9.17) is 4.74 Å². The molecule has 0 N–H and O–H groups in total. The zero-order chi connectivity index (χ0) is 12.8. The minimum atomic E-state index is -0.00721. The highest BCUT2D eigenvalue weighted by molar-refractivity contribution is 5.69. The number of hydrogen-bond acceptors (Lipinski definition) is 2. The molecular weight excluding hydrogens is 224 g/mol. The summed E-state index contributed by atoms with van der Waals surface area (Å²) in [5.74, 6) is 0.858.